The van der Waals surface area contributed by atoms with Crippen LogP contribution in [0.25, 0.3) is 0 Å². The molecule has 0 fully saturated rings. The Labute approximate surface area is 116 Å². The number of anilines is 1. The largest absolute Gasteiger partial charge is 0.406 e. The summed E-state index contributed by atoms with van der Waals surface area (Å²) in [4.78, 5) is 14.1. The van der Waals surface area contributed by atoms with Gasteiger partial charge in [0, 0.05) is 19.6 Å². The highest BCUT2D eigenvalue weighted by Crippen LogP contribution is 2.21. The maximum absolute atomic E-state index is 10.8. The molecule has 0 aliphatic heterocycles. The van der Waals surface area contributed by atoms with E-state index in [0.717, 1.165) is 5.56 Å². The van der Waals surface area contributed by atoms with Crippen molar-refractivity contribution < 1.29 is 4.92 Å². The summed E-state index contributed by atoms with van der Waals surface area (Å²) in [6.07, 6.45) is 2.09. The van der Waals surface area contributed by atoms with Crippen LogP contribution < -0.4 is 11.1 Å². The van der Waals surface area contributed by atoms with Crippen LogP contribution in [-0.4, -0.2) is 21.0 Å². The van der Waals surface area contributed by atoms with E-state index in [2.05, 4.69) is 10.3 Å². The second kappa shape index (κ2) is 6.16. The molecular formula is C13H17N5O2. The van der Waals surface area contributed by atoms with Gasteiger partial charge >= 0.3 is 5.82 Å². The maximum Gasteiger partial charge on any atom is 0.406 e. The fourth-order valence-electron chi connectivity index (χ4n) is 1.97. The van der Waals surface area contributed by atoms with Gasteiger partial charge in [0.25, 0.3) is 0 Å². The number of rotatable bonds is 6. The summed E-state index contributed by atoms with van der Waals surface area (Å²) in [5.74, 6) is 0.232. The Morgan fingerprint density at radius 2 is 2.15 bits per heavy atom. The minimum Gasteiger partial charge on any atom is -0.364 e. The average molecular weight is 275 g/mol. The zero-order chi connectivity index (χ0) is 14.5. The highest BCUT2D eigenvalue weighted by atomic mass is 16.6. The summed E-state index contributed by atoms with van der Waals surface area (Å²) >= 11 is 0. The molecule has 3 N–H and O–H groups in total. The van der Waals surface area contributed by atoms with Gasteiger partial charge in [-0.1, -0.05) is 30.3 Å². The van der Waals surface area contributed by atoms with Crippen molar-refractivity contribution in [2.24, 2.45) is 12.8 Å². The summed E-state index contributed by atoms with van der Waals surface area (Å²) in [6, 6.07) is 9.65. The first-order valence-electron chi connectivity index (χ1n) is 6.29. The molecule has 2 rings (SSSR count). The van der Waals surface area contributed by atoms with Crippen LogP contribution in [-0.2, 0) is 7.05 Å². The molecule has 1 aromatic heterocycles. The van der Waals surface area contributed by atoms with E-state index in [-0.39, 0.29) is 11.9 Å². The second-order valence-corrected chi connectivity index (χ2v) is 4.52. The van der Waals surface area contributed by atoms with Crippen molar-refractivity contribution in [2.75, 3.05) is 11.9 Å². The predicted molar refractivity (Wildman–Crippen MR) is 76.3 cm³/mol. The highest BCUT2D eigenvalue weighted by molar-refractivity contribution is 5.51. The number of aryl methyl sites for hydroxylation is 1. The lowest BCUT2D eigenvalue weighted by molar-refractivity contribution is -0.388. The number of aromatic nitrogens is 2. The fourth-order valence-corrected chi connectivity index (χ4v) is 1.97. The molecule has 0 radical (unpaired) electrons. The van der Waals surface area contributed by atoms with Gasteiger partial charge in [0.1, 0.15) is 0 Å². The Hall–Kier alpha value is -2.41. The van der Waals surface area contributed by atoms with Crippen molar-refractivity contribution in [1.29, 1.82) is 0 Å². The third-order valence-electron chi connectivity index (χ3n) is 3.07. The number of benzene rings is 1. The van der Waals surface area contributed by atoms with Gasteiger partial charge in [-0.25, -0.2) is 0 Å². The van der Waals surface area contributed by atoms with E-state index in [0.29, 0.717) is 18.8 Å². The molecule has 1 atom stereocenters. The van der Waals surface area contributed by atoms with Crippen LogP contribution in [0.5, 0.6) is 0 Å². The Kier molecular flexibility index (Phi) is 4.31. The SMILES string of the molecule is Cn1cnc([N+](=O)[O-])c1NCCC(N)c1ccccc1. The molecule has 0 aliphatic carbocycles. The molecule has 0 saturated heterocycles. The minimum atomic E-state index is -0.501. The van der Waals surface area contributed by atoms with E-state index in [4.69, 9.17) is 5.73 Å². The van der Waals surface area contributed by atoms with Crippen LogP contribution >= 0.6 is 0 Å². The van der Waals surface area contributed by atoms with Crippen LogP contribution in [0.2, 0.25) is 0 Å². The predicted octanol–water partition coefficient (Wildman–Crippen LogP) is 1.83. The third kappa shape index (κ3) is 3.12. The van der Waals surface area contributed by atoms with Crippen LogP contribution in [0.1, 0.15) is 18.0 Å². The van der Waals surface area contributed by atoms with E-state index in [1.165, 1.54) is 6.33 Å². The molecule has 7 nitrogen and oxygen atoms in total. The molecular weight excluding hydrogens is 258 g/mol. The van der Waals surface area contributed by atoms with Crippen molar-refractivity contribution in [3.05, 3.63) is 52.3 Å². The zero-order valence-corrected chi connectivity index (χ0v) is 11.2. The number of nitrogens with two attached hydrogens (primary N) is 1. The van der Waals surface area contributed by atoms with E-state index >= 15 is 0 Å². The molecule has 7 heteroatoms. The molecule has 20 heavy (non-hydrogen) atoms. The summed E-state index contributed by atoms with van der Waals surface area (Å²) < 4.78 is 1.59. The van der Waals surface area contributed by atoms with E-state index < -0.39 is 4.92 Å². The number of imidazole rings is 1. The number of nitrogens with zero attached hydrogens (tertiary/aromatic N) is 3. The summed E-state index contributed by atoms with van der Waals surface area (Å²) in [7, 11) is 1.71. The van der Waals surface area contributed by atoms with Crippen LogP contribution in [0.4, 0.5) is 11.6 Å². The summed E-state index contributed by atoms with van der Waals surface area (Å²) in [6.45, 7) is 0.538. The van der Waals surface area contributed by atoms with Crippen molar-refractivity contribution in [3.63, 3.8) is 0 Å². The Bertz CT molecular complexity index is 582. The van der Waals surface area contributed by atoms with Gasteiger partial charge in [-0.15, -0.1) is 0 Å². The van der Waals surface area contributed by atoms with Crippen molar-refractivity contribution in [1.82, 2.24) is 9.55 Å². The Morgan fingerprint density at radius 1 is 1.45 bits per heavy atom. The number of nitro groups is 1. The minimum absolute atomic E-state index is 0.101. The topological polar surface area (TPSA) is 99.0 Å². The lowest BCUT2D eigenvalue weighted by Gasteiger charge is -2.12. The zero-order valence-electron chi connectivity index (χ0n) is 11.2. The highest BCUT2D eigenvalue weighted by Gasteiger charge is 2.19. The number of nitrogens with one attached hydrogen (secondary N) is 1. The van der Waals surface area contributed by atoms with Gasteiger partial charge in [-0.05, 0) is 21.9 Å². The first-order valence-corrected chi connectivity index (χ1v) is 6.29. The van der Waals surface area contributed by atoms with Gasteiger partial charge in [-0.2, -0.15) is 0 Å². The van der Waals surface area contributed by atoms with E-state index in [1.807, 2.05) is 30.3 Å². The number of hydrogen-bond donors (Lipinski definition) is 2. The standard InChI is InChI=1S/C13H17N5O2/c1-17-9-16-13(18(19)20)12(17)15-8-7-11(14)10-5-3-2-4-6-10/h2-6,9,11,15H,7-8,14H2,1H3. The normalized spacial score (nSPS) is 12.1. The van der Waals surface area contributed by atoms with Crippen molar-refractivity contribution >= 4 is 11.6 Å². The summed E-state index contributed by atoms with van der Waals surface area (Å²) in [5.41, 5.74) is 7.12. The van der Waals surface area contributed by atoms with E-state index in [1.54, 1.807) is 11.6 Å². The number of hydrogen-bond acceptors (Lipinski definition) is 5. The molecule has 2 aromatic rings. The molecule has 0 amide bonds. The lowest BCUT2D eigenvalue weighted by Crippen LogP contribution is -2.16. The van der Waals surface area contributed by atoms with Gasteiger partial charge in [0.05, 0.1) is 0 Å². The third-order valence-corrected chi connectivity index (χ3v) is 3.07. The molecule has 1 heterocycles. The van der Waals surface area contributed by atoms with Crippen LogP contribution in [0.15, 0.2) is 36.7 Å². The van der Waals surface area contributed by atoms with Gasteiger partial charge in [0.15, 0.2) is 0 Å². The maximum atomic E-state index is 10.8. The first-order chi connectivity index (χ1) is 9.59. The molecule has 0 aliphatic rings. The van der Waals surface area contributed by atoms with Gasteiger partial charge in [0.2, 0.25) is 12.1 Å². The molecule has 106 valence electrons. The molecule has 0 bridgehead atoms. The van der Waals surface area contributed by atoms with Crippen LogP contribution in [0, 0.1) is 10.1 Å². The Morgan fingerprint density at radius 3 is 2.80 bits per heavy atom. The average Bonchev–Trinajstić information content (AvgIpc) is 2.81. The molecule has 0 spiro atoms. The second-order valence-electron chi connectivity index (χ2n) is 4.52. The van der Waals surface area contributed by atoms with Crippen molar-refractivity contribution in [2.45, 2.75) is 12.5 Å². The Balaban J connectivity index is 1.93. The monoisotopic (exact) mass is 275 g/mol. The van der Waals surface area contributed by atoms with Crippen molar-refractivity contribution in [3.8, 4) is 0 Å². The fraction of sp³-hybridized carbons (Fsp3) is 0.308. The molecule has 1 aromatic carbocycles. The molecule has 1 unspecified atom stereocenters. The van der Waals surface area contributed by atoms with Gasteiger partial charge in [-0.3, -0.25) is 4.57 Å². The quantitative estimate of drug-likeness (QED) is 0.619. The lowest BCUT2D eigenvalue weighted by atomic mass is 10.1. The van der Waals surface area contributed by atoms with Gasteiger partial charge < -0.3 is 21.2 Å². The van der Waals surface area contributed by atoms with E-state index in [9.17, 15) is 10.1 Å². The summed E-state index contributed by atoms with van der Waals surface area (Å²) in [5, 5.41) is 13.8. The van der Waals surface area contributed by atoms with Crippen LogP contribution in [0.3, 0.4) is 0 Å². The first kappa shape index (κ1) is 14.0. The molecule has 0 saturated carbocycles. The smallest absolute Gasteiger partial charge is 0.364 e.